The molecule has 172 valence electrons. The molecular formula is C20H16F7N3O2. The van der Waals surface area contributed by atoms with Crippen molar-refractivity contribution in [1.29, 1.82) is 0 Å². The van der Waals surface area contributed by atoms with E-state index in [1.54, 1.807) is 24.3 Å². The van der Waals surface area contributed by atoms with E-state index in [4.69, 9.17) is 0 Å². The predicted molar refractivity (Wildman–Crippen MR) is 101 cm³/mol. The monoisotopic (exact) mass is 463 g/mol. The fourth-order valence-corrected chi connectivity index (χ4v) is 2.36. The number of halogens is 7. The van der Waals surface area contributed by atoms with E-state index < -0.39 is 36.0 Å². The van der Waals surface area contributed by atoms with Crippen LogP contribution >= 0.6 is 0 Å². The average Bonchev–Trinajstić information content (AvgIpc) is 2.71. The second-order valence-electron chi connectivity index (χ2n) is 6.83. The van der Waals surface area contributed by atoms with Gasteiger partial charge in [0.05, 0.1) is 17.8 Å². The molecule has 0 saturated heterocycles. The van der Waals surface area contributed by atoms with E-state index in [1.165, 1.54) is 12.1 Å². The Hall–Kier alpha value is -3.31. The summed E-state index contributed by atoms with van der Waals surface area (Å²) in [6.45, 7) is 0. The maximum absolute atomic E-state index is 13.4. The molecule has 0 atom stereocenters. The molecule has 0 aliphatic carbocycles. The van der Waals surface area contributed by atoms with Gasteiger partial charge >= 0.3 is 18.0 Å². The van der Waals surface area contributed by atoms with Gasteiger partial charge in [-0.2, -0.15) is 41.0 Å². The molecule has 2 aromatic carbocycles. The van der Waals surface area contributed by atoms with Gasteiger partial charge in [0.1, 0.15) is 0 Å². The Morgan fingerprint density at radius 1 is 0.781 bits per heavy atom. The van der Waals surface area contributed by atoms with Crippen LogP contribution in [0.1, 0.15) is 16.8 Å². The van der Waals surface area contributed by atoms with Crippen molar-refractivity contribution in [1.82, 2.24) is 0 Å². The van der Waals surface area contributed by atoms with Crippen molar-refractivity contribution >= 4 is 28.6 Å². The zero-order valence-electron chi connectivity index (χ0n) is 16.6. The number of rotatable bonds is 8. The number of Topliss-reactive ketones (excluding diaryl/α,β-unsaturated/α-hetero) is 2. The van der Waals surface area contributed by atoms with Gasteiger partial charge in [0, 0.05) is 25.3 Å². The summed E-state index contributed by atoms with van der Waals surface area (Å²) in [4.78, 5) is 25.1. The molecule has 0 aromatic heterocycles. The number of azo groups is 1. The van der Waals surface area contributed by atoms with Gasteiger partial charge in [-0.05, 0) is 48.5 Å². The van der Waals surface area contributed by atoms with Crippen LogP contribution in [-0.4, -0.2) is 43.7 Å². The highest BCUT2D eigenvalue weighted by atomic mass is 19.4. The second-order valence-corrected chi connectivity index (χ2v) is 6.83. The quantitative estimate of drug-likeness (QED) is 0.204. The fraction of sp³-hybridized carbons (Fsp3) is 0.300. The van der Waals surface area contributed by atoms with Crippen LogP contribution in [0.4, 0.5) is 47.8 Å². The van der Waals surface area contributed by atoms with Crippen LogP contribution in [0.15, 0.2) is 58.8 Å². The molecular weight excluding hydrogens is 447 g/mol. The van der Waals surface area contributed by atoms with Crippen LogP contribution in [0.25, 0.3) is 0 Å². The summed E-state index contributed by atoms with van der Waals surface area (Å²) in [5, 5.41) is 7.86. The first-order valence-electron chi connectivity index (χ1n) is 8.85. The average molecular weight is 463 g/mol. The Balaban J connectivity index is 2.07. The normalized spacial score (nSPS) is 12.8. The molecule has 0 heterocycles. The number of nitrogens with zero attached hydrogens (tertiary/aromatic N) is 3. The predicted octanol–water partition coefficient (Wildman–Crippen LogP) is 6.14. The van der Waals surface area contributed by atoms with E-state index >= 15 is 0 Å². The van der Waals surface area contributed by atoms with Crippen molar-refractivity contribution in [2.45, 2.75) is 24.4 Å². The fourth-order valence-electron chi connectivity index (χ4n) is 2.36. The lowest BCUT2D eigenvalue weighted by Crippen LogP contribution is -2.56. The largest absolute Gasteiger partial charge is 0.460 e. The number of carbonyl (C=O) groups is 2. The minimum atomic E-state index is -6.66. The van der Waals surface area contributed by atoms with Gasteiger partial charge in [0.2, 0.25) is 5.78 Å². The number of hydrogen-bond acceptors (Lipinski definition) is 5. The van der Waals surface area contributed by atoms with Crippen LogP contribution in [0.5, 0.6) is 0 Å². The number of ketones is 2. The van der Waals surface area contributed by atoms with Crippen LogP contribution in [0, 0.1) is 0 Å². The molecule has 0 radical (unpaired) electrons. The Morgan fingerprint density at radius 2 is 1.22 bits per heavy atom. The van der Waals surface area contributed by atoms with Gasteiger partial charge in [-0.15, -0.1) is 0 Å². The van der Waals surface area contributed by atoms with E-state index in [-0.39, 0.29) is 11.3 Å². The molecule has 2 aromatic rings. The van der Waals surface area contributed by atoms with E-state index in [0.29, 0.717) is 5.69 Å². The number of anilines is 1. The first-order valence-corrected chi connectivity index (χ1v) is 8.85. The number of hydrogen-bond donors (Lipinski definition) is 0. The third kappa shape index (κ3) is 5.29. The summed E-state index contributed by atoms with van der Waals surface area (Å²) in [6.07, 6.45) is -8.49. The summed E-state index contributed by atoms with van der Waals surface area (Å²) >= 11 is 0. The van der Waals surface area contributed by atoms with Gasteiger partial charge in [-0.25, -0.2) is 0 Å². The molecule has 0 N–H and O–H groups in total. The highest BCUT2D eigenvalue weighted by molar-refractivity contribution is 6.10. The Bertz CT molecular complexity index is 999. The zero-order chi connectivity index (χ0) is 24.3. The highest BCUT2D eigenvalue weighted by Crippen LogP contribution is 2.47. The first kappa shape index (κ1) is 25.0. The van der Waals surface area contributed by atoms with Crippen molar-refractivity contribution in [2.75, 3.05) is 19.0 Å². The Labute approximate surface area is 177 Å². The second kappa shape index (κ2) is 9.05. The van der Waals surface area contributed by atoms with Crippen molar-refractivity contribution in [3.63, 3.8) is 0 Å². The van der Waals surface area contributed by atoms with Crippen molar-refractivity contribution in [3.05, 3.63) is 54.1 Å². The van der Waals surface area contributed by atoms with Gasteiger partial charge in [0.25, 0.3) is 0 Å². The summed E-state index contributed by atoms with van der Waals surface area (Å²) in [7, 11) is 3.71. The van der Waals surface area contributed by atoms with Crippen molar-refractivity contribution < 1.29 is 40.3 Å². The van der Waals surface area contributed by atoms with Gasteiger partial charge in [-0.3, -0.25) is 9.59 Å². The van der Waals surface area contributed by atoms with E-state index in [9.17, 15) is 40.3 Å². The summed E-state index contributed by atoms with van der Waals surface area (Å²) < 4.78 is 89.0. The number of alkyl halides is 7. The Kier molecular flexibility index (Phi) is 7.06. The van der Waals surface area contributed by atoms with Gasteiger partial charge in [-0.1, -0.05) is 0 Å². The minimum Gasteiger partial charge on any atom is -0.378 e. The topological polar surface area (TPSA) is 62.1 Å². The van der Waals surface area contributed by atoms with Crippen molar-refractivity contribution in [2.24, 2.45) is 10.2 Å². The molecule has 0 unspecified atom stereocenters. The molecule has 0 spiro atoms. The van der Waals surface area contributed by atoms with Crippen LogP contribution in [0.2, 0.25) is 0 Å². The molecule has 12 heteroatoms. The van der Waals surface area contributed by atoms with Crippen LogP contribution in [-0.2, 0) is 4.79 Å². The standard InChI is InChI=1S/C20H16F7N3O2/c1-30(2)15-9-7-14(8-10-15)29-28-13-5-3-12(4-6-13)16(31)11-17(32)18(21,22)19(23,24)20(25,26)27/h3-10H,11H2,1-2H3. The third-order valence-electron chi connectivity index (χ3n) is 4.26. The van der Waals surface area contributed by atoms with Gasteiger partial charge in [0.15, 0.2) is 5.78 Å². The lowest BCUT2D eigenvalue weighted by atomic mass is 9.99. The minimum absolute atomic E-state index is 0.235. The van der Waals surface area contributed by atoms with E-state index in [0.717, 1.165) is 17.8 Å². The molecule has 0 aliphatic rings. The molecule has 32 heavy (non-hydrogen) atoms. The lowest BCUT2D eigenvalue weighted by molar-refractivity contribution is -0.343. The summed E-state index contributed by atoms with van der Waals surface area (Å²) in [5.74, 6) is -16.9. The molecule has 0 amide bonds. The molecule has 2 rings (SSSR count). The summed E-state index contributed by atoms with van der Waals surface area (Å²) in [5.41, 5.74) is 1.33. The summed E-state index contributed by atoms with van der Waals surface area (Å²) in [6, 6.07) is 11.6. The number of carbonyl (C=O) groups excluding carboxylic acids is 2. The smallest absolute Gasteiger partial charge is 0.378 e. The lowest BCUT2D eigenvalue weighted by Gasteiger charge is -2.26. The SMILES string of the molecule is CN(C)c1ccc(N=Nc2ccc(C(=O)CC(=O)C(F)(F)C(F)(F)C(F)(F)F)cc2)cc1. The molecule has 0 aliphatic heterocycles. The van der Waals surface area contributed by atoms with Crippen LogP contribution < -0.4 is 4.90 Å². The van der Waals surface area contributed by atoms with Crippen LogP contribution in [0.3, 0.4) is 0 Å². The Morgan fingerprint density at radius 3 is 1.62 bits per heavy atom. The number of benzene rings is 2. The van der Waals surface area contributed by atoms with Gasteiger partial charge < -0.3 is 4.90 Å². The maximum Gasteiger partial charge on any atom is 0.460 e. The molecule has 0 fully saturated rings. The third-order valence-corrected chi connectivity index (χ3v) is 4.26. The van der Waals surface area contributed by atoms with Crippen molar-refractivity contribution in [3.8, 4) is 0 Å². The van der Waals surface area contributed by atoms with E-state index in [1.807, 2.05) is 19.0 Å². The molecule has 0 saturated carbocycles. The molecule has 0 bridgehead atoms. The zero-order valence-corrected chi connectivity index (χ0v) is 16.6. The molecule has 5 nitrogen and oxygen atoms in total. The maximum atomic E-state index is 13.4. The van der Waals surface area contributed by atoms with E-state index in [2.05, 4.69) is 10.2 Å². The first-order chi connectivity index (χ1) is 14.7. The highest BCUT2D eigenvalue weighted by Gasteiger charge is 2.75.